The number of nitrogens with one attached hydrogen (secondary N) is 2. The van der Waals surface area contributed by atoms with Crippen LogP contribution in [0.2, 0.25) is 0 Å². The van der Waals surface area contributed by atoms with E-state index >= 15 is 0 Å². The summed E-state index contributed by atoms with van der Waals surface area (Å²) < 4.78 is 27.5. The number of aromatic amines is 1. The van der Waals surface area contributed by atoms with Crippen LogP contribution >= 0.6 is 11.3 Å². The molecule has 0 fully saturated rings. The minimum Gasteiger partial charge on any atom is -0.342 e. The number of nitrogens with zero attached hydrogens (tertiary/aromatic N) is 1. The quantitative estimate of drug-likeness (QED) is 0.774. The summed E-state index contributed by atoms with van der Waals surface area (Å²) in [6.45, 7) is 3.90. The van der Waals surface area contributed by atoms with Crippen molar-refractivity contribution < 1.29 is 8.42 Å². The molecule has 0 spiro atoms. The van der Waals surface area contributed by atoms with Crippen molar-refractivity contribution in [3.05, 3.63) is 41.0 Å². The van der Waals surface area contributed by atoms with E-state index in [0.29, 0.717) is 9.90 Å². The van der Waals surface area contributed by atoms with Gasteiger partial charge >= 0.3 is 0 Å². The Kier molecular flexibility index (Phi) is 3.46. The van der Waals surface area contributed by atoms with Crippen molar-refractivity contribution >= 4 is 38.1 Å². The second-order valence-corrected chi connectivity index (χ2v) is 7.94. The molecule has 0 atom stereocenters. The van der Waals surface area contributed by atoms with E-state index in [1.807, 2.05) is 19.9 Å². The molecule has 2 aromatic heterocycles. The third kappa shape index (κ3) is 2.79. The number of imidazole rings is 1. The molecule has 2 heterocycles. The van der Waals surface area contributed by atoms with Crippen LogP contribution in [0.4, 0.5) is 5.69 Å². The van der Waals surface area contributed by atoms with Crippen LogP contribution in [0, 0.1) is 6.92 Å². The monoisotopic (exact) mass is 321 g/mol. The van der Waals surface area contributed by atoms with Crippen LogP contribution in [-0.4, -0.2) is 18.4 Å². The molecule has 0 aliphatic carbocycles. The molecule has 21 heavy (non-hydrogen) atoms. The van der Waals surface area contributed by atoms with E-state index in [9.17, 15) is 8.42 Å². The fourth-order valence-corrected chi connectivity index (χ4v) is 4.39. The van der Waals surface area contributed by atoms with Gasteiger partial charge in [-0.3, -0.25) is 4.72 Å². The highest BCUT2D eigenvalue weighted by molar-refractivity contribution is 7.94. The van der Waals surface area contributed by atoms with Gasteiger partial charge in [-0.05, 0) is 37.3 Å². The Morgan fingerprint density at radius 3 is 2.76 bits per heavy atom. The Labute approximate surface area is 127 Å². The number of hydrogen-bond donors (Lipinski definition) is 2. The molecule has 7 heteroatoms. The van der Waals surface area contributed by atoms with Gasteiger partial charge in [0.05, 0.1) is 16.7 Å². The molecule has 0 amide bonds. The summed E-state index contributed by atoms with van der Waals surface area (Å²) in [5.41, 5.74) is 2.19. The van der Waals surface area contributed by atoms with Crippen molar-refractivity contribution in [2.24, 2.45) is 0 Å². The van der Waals surface area contributed by atoms with Crippen molar-refractivity contribution in [2.75, 3.05) is 4.72 Å². The summed E-state index contributed by atoms with van der Waals surface area (Å²) in [7, 11) is -3.53. The zero-order valence-electron chi connectivity index (χ0n) is 11.7. The normalized spacial score (nSPS) is 11.9. The number of H-pyrrole nitrogens is 1. The van der Waals surface area contributed by atoms with Gasteiger partial charge in [0.1, 0.15) is 10.0 Å². The maximum Gasteiger partial charge on any atom is 0.271 e. The number of fused-ring (bicyclic) bond motifs is 1. The molecule has 5 nitrogen and oxygen atoms in total. The molecule has 0 unspecified atom stereocenters. The number of aryl methyl sites for hydroxylation is 2. The average molecular weight is 321 g/mol. The minimum atomic E-state index is -3.53. The molecule has 1 aromatic carbocycles. The lowest BCUT2D eigenvalue weighted by molar-refractivity contribution is 0.603. The van der Waals surface area contributed by atoms with E-state index < -0.39 is 10.0 Å². The third-order valence-electron chi connectivity index (χ3n) is 3.10. The van der Waals surface area contributed by atoms with E-state index in [1.165, 1.54) is 11.3 Å². The summed E-state index contributed by atoms with van der Waals surface area (Å²) in [6.07, 6.45) is 0.810. The smallest absolute Gasteiger partial charge is 0.271 e. The molecule has 3 aromatic rings. The Bertz CT molecular complexity index is 894. The van der Waals surface area contributed by atoms with Gasteiger partial charge < -0.3 is 4.98 Å². The lowest BCUT2D eigenvalue weighted by Gasteiger charge is -2.05. The molecular formula is C14H15N3O2S2. The lowest BCUT2D eigenvalue weighted by atomic mass is 10.3. The second kappa shape index (κ2) is 5.16. The van der Waals surface area contributed by atoms with Gasteiger partial charge in [-0.1, -0.05) is 6.92 Å². The third-order valence-corrected chi connectivity index (χ3v) is 5.97. The summed E-state index contributed by atoms with van der Waals surface area (Å²) in [6, 6.07) is 8.71. The van der Waals surface area contributed by atoms with Crippen LogP contribution in [0.3, 0.4) is 0 Å². The van der Waals surface area contributed by atoms with Crippen LogP contribution in [-0.2, 0) is 16.4 Å². The fourth-order valence-electron chi connectivity index (χ4n) is 2.06. The Balaban J connectivity index is 1.94. The van der Waals surface area contributed by atoms with E-state index in [4.69, 9.17) is 0 Å². The molecule has 0 aliphatic heterocycles. The SMILES string of the molecule is CCc1nc2ccc(NS(=O)(=O)c3ccc(C)s3)cc2[nH]1. The summed E-state index contributed by atoms with van der Waals surface area (Å²) >= 11 is 1.25. The van der Waals surface area contributed by atoms with Gasteiger partial charge in [0.2, 0.25) is 0 Å². The number of hydrogen-bond acceptors (Lipinski definition) is 4. The van der Waals surface area contributed by atoms with Gasteiger partial charge in [0, 0.05) is 11.3 Å². The maximum atomic E-state index is 12.3. The Morgan fingerprint density at radius 1 is 1.29 bits per heavy atom. The standard InChI is InChI=1S/C14H15N3O2S2/c1-3-13-15-11-6-5-10(8-12(11)16-13)17-21(18,19)14-7-4-9(2)20-14/h4-8,17H,3H2,1-2H3,(H,15,16). The highest BCUT2D eigenvalue weighted by Crippen LogP contribution is 2.25. The number of benzene rings is 1. The average Bonchev–Trinajstić information content (AvgIpc) is 3.03. The molecule has 110 valence electrons. The molecule has 3 rings (SSSR count). The molecular weight excluding hydrogens is 306 g/mol. The molecule has 2 N–H and O–H groups in total. The topological polar surface area (TPSA) is 74.8 Å². The molecule has 0 aliphatic rings. The zero-order chi connectivity index (χ0) is 15.0. The molecule has 0 saturated heterocycles. The van der Waals surface area contributed by atoms with Gasteiger partial charge in [0.15, 0.2) is 0 Å². The summed E-state index contributed by atoms with van der Waals surface area (Å²) in [5, 5.41) is 0. The van der Waals surface area contributed by atoms with Crippen molar-refractivity contribution in [2.45, 2.75) is 24.5 Å². The largest absolute Gasteiger partial charge is 0.342 e. The Morgan fingerprint density at radius 2 is 2.10 bits per heavy atom. The Hall–Kier alpha value is -1.86. The highest BCUT2D eigenvalue weighted by Gasteiger charge is 2.16. The first-order chi connectivity index (χ1) is 9.98. The van der Waals surface area contributed by atoms with Crippen LogP contribution < -0.4 is 4.72 Å². The van der Waals surface area contributed by atoms with Crippen molar-refractivity contribution in [3.8, 4) is 0 Å². The van der Waals surface area contributed by atoms with Crippen molar-refractivity contribution in [3.63, 3.8) is 0 Å². The van der Waals surface area contributed by atoms with E-state index in [2.05, 4.69) is 14.7 Å². The molecule has 0 radical (unpaired) electrons. The van der Waals surface area contributed by atoms with Crippen LogP contribution in [0.15, 0.2) is 34.5 Å². The van der Waals surface area contributed by atoms with Gasteiger partial charge in [-0.15, -0.1) is 11.3 Å². The number of sulfonamides is 1. The van der Waals surface area contributed by atoms with E-state index in [-0.39, 0.29) is 0 Å². The van der Waals surface area contributed by atoms with Crippen molar-refractivity contribution in [1.82, 2.24) is 9.97 Å². The van der Waals surface area contributed by atoms with Crippen LogP contribution in [0.25, 0.3) is 11.0 Å². The molecule has 0 bridgehead atoms. The van der Waals surface area contributed by atoms with Gasteiger partial charge in [-0.2, -0.15) is 0 Å². The second-order valence-electron chi connectivity index (χ2n) is 4.74. The van der Waals surface area contributed by atoms with E-state index in [0.717, 1.165) is 28.2 Å². The van der Waals surface area contributed by atoms with Crippen molar-refractivity contribution in [1.29, 1.82) is 0 Å². The number of aromatic nitrogens is 2. The zero-order valence-corrected chi connectivity index (χ0v) is 13.3. The van der Waals surface area contributed by atoms with Crippen LogP contribution in [0.1, 0.15) is 17.6 Å². The number of rotatable bonds is 4. The predicted octanol–water partition coefficient (Wildman–Crippen LogP) is 3.30. The number of anilines is 1. The van der Waals surface area contributed by atoms with Gasteiger partial charge in [-0.25, -0.2) is 13.4 Å². The first-order valence-corrected chi connectivity index (χ1v) is 8.86. The summed E-state index contributed by atoms with van der Waals surface area (Å²) in [5.74, 6) is 0.888. The lowest BCUT2D eigenvalue weighted by Crippen LogP contribution is -2.11. The summed E-state index contributed by atoms with van der Waals surface area (Å²) in [4.78, 5) is 8.54. The molecule has 0 saturated carbocycles. The number of thiophene rings is 1. The minimum absolute atomic E-state index is 0.318. The first-order valence-electron chi connectivity index (χ1n) is 6.56. The van der Waals surface area contributed by atoms with Gasteiger partial charge in [0.25, 0.3) is 10.0 Å². The fraction of sp³-hybridized carbons (Fsp3) is 0.214. The predicted molar refractivity (Wildman–Crippen MR) is 85.3 cm³/mol. The van der Waals surface area contributed by atoms with E-state index in [1.54, 1.807) is 24.3 Å². The van der Waals surface area contributed by atoms with Crippen LogP contribution in [0.5, 0.6) is 0 Å². The highest BCUT2D eigenvalue weighted by atomic mass is 32.2. The maximum absolute atomic E-state index is 12.3. The first kappa shape index (κ1) is 14.1.